The Morgan fingerprint density at radius 3 is 2.31 bits per heavy atom. The highest BCUT2D eigenvalue weighted by molar-refractivity contribution is 6.30. The first kappa shape index (κ1) is 18.7. The zero-order valence-electron chi connectivity index (χ0n) is 15.5. The van der Waals surface area contributed by atoms with E-state index in [1.165, 1.54) is 0 Å². The maximum atomic E-state index is 12.7. The van der Waals surface area contributed by atoms with Gasteiger partial charge in [0.05, 0.1) is 12.8 Å². The van der Waals surface area contributed by atoms with E-state index in [-0.39, 0.29) is 5.82 Å². The van der Waals surface area contributed by atoms with Gasteiger partial charge in [-0.1, -0.05) is 29.8 Å². The van der Waals surface area contributed by atoms with E-state index in [9.17, 15) is 4.79 Å². The second-order valence-corrected chi connectivity index (χ2v) is 6.63. The maximum Gasteiger partial charge on any atom is 0.295 e. The molecule has 0 aliphatic rings. The van der Waals surface area contributed by atoms with E-state index in [2.05, 4.69) is 15.4 Å². The highest BCUT2D eigenvalue weighted by Crippen LogP contribution is 2.24. The summed E-state index contributed by atoms with van der Waals surface area (Å²) in [5.74, 6) is 0.933. The molecule has 29 heavy (non-hydrogen) atoms. The van der Waals surface area contributed by atoms with Gasteiger partial charge in [-0.25, -0.2) is 9.67 Å². The van der Waals surface area contributed by atoms with E-state index >= 15 is 0 Å². The van der Waals surface area contributed by atoms with Crippen molar-refractivity contribution in [1.82, 2.24) is 14.8 Å². The molecule has 0 radical (unpaired) electrons. The first-order valence-electron chi connectivity index (χ1n) is 8.88. The van der Waals surface area contributed by atoms with Crippen LogP contribution < -0.4 is 10.1 Å². The highest BCUT2D eigenvalue weighted by Gasteiger charge is 2.19. The second kappa shape index (κ2) is 8.16. The lowest BCUT2D eigenvalue weighted by atomic mass is 10.2. The number of amides is 1. The van der Waals surface area contributed by atoms with Crippen LogP contribution in [0, 0.1) is 0 Å². The average molecular weight is 405 g/mol. The molecule has 1 amide bonds. The fourth-order valence-corrected chi connectivity index (χ4v) is 2.93. The van der Waals surface area contributed by atoms with Crippen molar-refractivity contribution in [3.8, 4) is 22.8 Å². The zero-order chi connectivity index (χ0) is 20.2. The smallest absolute Gasteiger partial charge is 0.295 e. The minimum Gasteiger partial charge on any atom is -0.497 e. The lowest BCUT2D eigenvalue weighted by molar-refractivity contribution is 0.101. The number of aromatic nitrogens is 3. The Morgan fingerprint density at radius 2 is 1.66 bits per heavy atom. The van der Waals surface area contributed by atoms with Gasteiger partial charge in [0.2, 0.25) is 5.82 Å². The quantitative estimate of drug-likeness (QED) is 0.516. The molecule has 1 aromatic heterocycles. The molecule has 0 bridgehead atoms. The molecule has 0 spiro atoms. The number of hydrogen-bond acceptors (Lipinski definition) is 4. The van der Waals surface area contributed by atoms with Gasteiger partial charge in [0.1, 0.15) is 5.75 Å². The van der Waals surface area contributed by atoms with Crippen LogP contribution in [0.25, 0.3) is 17.1 Å². The molecule has 0 aliphatic carbocycles. The van der Waals surface area contributed by atoms with Crippen molar-refractivity contribution in [2.75, 3.05) is 12.4 Å². The van der Waals surface area contributed by atoms with Crippen LogP contribution in [-0.2, 0) is 0 Å². The van der Waals surface area contributed by atoms with Gasteiger partial charge in [0.25, 0.3) is 5.91 Å². The summed E-state index contributed by atoms with van der Waals surface area (Å²) in [6.07, 6.45) is 0. The van der Waals surface area contributed by atoms with Gasteiger partial charge in [-0.2, -0.15) is 0 Å². The first-order valence-corrected chi connectivity index (χ1v) is 9.25. The molecule has 0 aliphatic heterocycles. The Balaban J connectivity index is 1.75. The van der Waals surface area contributed by atoms with Crippen LogP contribution in [0.15, 0.2) is 78.9 Å². The summed E-state index contributed by atoms with van der Waals surface area (Å²) in [4.78, 5) is 17.2. The Hall–Kier alpha value is -3.64. The molecular formula is C22H17ClN4O2. The number of carbonyl (C=O) groups excluding carboxylic acids is 1. The average Bonchev–Trinajstić information content (AvgIpc) is 3.21. The number of nitrogens with one attached hydrogen (secondary N) is 1. The molecule has 6 nitrogen and oxygen atoms in total. The van der Waals surface area contributed by atoms with Gasteiger partial charge in [0.15, 0.2) is 5.82 Å². The largest absolute Gasteiger partial charge is 0.497 e. The van der Waals surface area contributed by atoms with Gasteiger partial charge in [-0.15, -0.1) is 5.10 Å². The lowest BCUT2D eigenvalue weighted by Crippen LogP contribution is -2.14. The number of anilines is 1. The molecule has 7 heteroatoms. The topological polar surface area (TPSA) is 69.0 Å². The molecule has 0 saturated heterocycles. The number of benzene rings is 3. The Bertz CT molecular complexity index is 1120. The predicted molar refractivity (Wildman–Crippen MR) is 113 cm³/mol. The maximum absolute atomic E-state index is 12.7. The van der Waals surface area contributed by atoms with Crippen molar-refractivity contribution in [2.45, 2.75) is 0 Å². The van der Waals surface area contributed by atoms with Crippen LogP contribution in [0.3, 0.4) is 0 Å². The number of ether oxygens (including phenoxy) is 1. The standard InChI is InChI=1S/C22H17ClN4O2/c1-29-19-13-11-18(12-14-19)27-21(15-7-9-16(23)10-8-15)25-20(26-27)22(28)24-17-5-3-2-4-6-17/h2-14H,1H3,(H,24,28). The van der Waals surface area contributed by atoms with Crippen molar-refractivity contribution in [3.05, 3.63) is 89.7 Å². The number of nitrogens with zero attached hydrogens (tertiary/aromatic N) is 3. The van der Waals surface area contributed by atoms with Crippen molar-refractivity contribution < 1.29 is 9.53 Å². The van der Waals surface area contributed by atoms with Crippen LogP contribution in [-0.4, -0.2) is 27.8 Å². The fourth-order valence-electron chi connectivity index (χ4n) is 2.81. The fraction of sp³-hybridized carbons (Fsp3) is 0.0455. The van der Waals surface area contributed by atoms with Crippen LogP contribution in [0.5, 0.6) is 5.75 Å². The number of hydrogen-bond donors (Lipinski definition) is 1. The van der Waals surface area contributed by atoms with E-state index in [0.717, 1.165) is 17.0 Å². The Kier molecular flexibility index (Phi) is 5.27. The molecular weight excluding hydrogens is 388 g/mol. The molecule has 1 heterocycles. The summed E-state index contributed by atoms with van der Waals surface area (Å²) in [5.41, 5.74) is 2.21. The van der Waals surface area contributed by atoms with Gasteiger partial charge >= 0.3 is 0 Å². The Labute approximate surface area is 172 Å². The zero-order valence-corrected chi connectivity index (χ0v) is 16.3. The van der Waals surface area contributed by atoms with Gasteiger partial charge in [-0.3, -0.25) is 4.79 Å². The van der Waals surface area contributed by atoms with Crippen LogP contribution >= 0.6 is 11.6 Å². The van der Waals surface area contributed by atoms with Crippen molar-refractivity contribution in [2.24, 2.45) is 0 Å². The van der Waals surface area contributed by atoms with Gasteiger partial charge < -0.3 is 10.1 Å². The summed E-state index contributed by atoms with van der Waals surface area (Å²) in [6, 6.07) is 23.8. The molecule has 0 fully saturated rings. The van der Waals surface area contributed by atoms with E-state index in [1.54, 1.807) is 36.1 Å². The SMILES string of the molecule is COc1ccc(-n2nc(C(=O)Nc3ccccc3)nc2-c2ccc(Cl)cc2)cc1. The summed E-state index contributed by atoms with van der Waals surface area (Å²) < 4.78 is 6.85. The third-order valence-electron chi connectivity index (χ3n) is 4.26. The van der Waals surface area contributed by atoms with E-state index in [4.69, 9.17) is 16.3 Å². The van der Waals surface area contributed by atoms with Crippen molar-refractivity contribution in [1.29, 1.82) is 0 Å². The van der Waals surface area contributed by atoms with Gasteiger partial charge in [-0.05, 0) is 60.7 Å². The second-order valence-electron chi connectivity index (χ2n) is 6.20. The predicted octanol–water partition coefficient (Wildman–Crippen LogP) is 4.85. The highest BCUT2D eigenvalue weighted by atomic mass is 35.5. The molecule has 4 aromatic rings. The van der Waals surface area contributed by atoms with E-state index in [0.29, 0.717) is 16.5 Å². The summed E-state index contributed by atoms with van der Waals surface area (Å²) in [5, 5.41) is 7.88. The van der Waals surface area contributed by atoms with E-state index < -0.39 is 5.91 Å². The summed E-state index contributed by atoms with van der Waals surface area (Å²) >= 11 is 6.01. The number of methoxy groups -OCH3 is 1. The van der Waals surface area contributed by atoms with Gasteiger partial charge in [0, 0.05) is 16.3 Å². The molecule has 0 atom stereocenters. The minimum atomic E-state index is -0.390. The van der Waals surface area contributed by atoms with Crippen molar-refractivity contribution in [3.63, 3.8) is 0 Å². The van der Waals surface area contributed by atoms with Crippen LogP contribution in [0.2, 0.25) is 5.02 Å². The Morgan fingerprint density at radius 1 is 0.966 bits per heavy atom. The molecule has 1 N–H and O–H groups in total. The van der Waals surface area contributed by atoms with Crippen LogP contribution in [0.4, 0.5) is 5.69 Å². The molecule has 4 rings (SSSR count). The van der Waals surface area contributed by atoms with Crippen LogP contribution in [0.1, 0.15) is 10.6 Å². The lowest BCUT2D eigenvalue weighted by Gasteiger charge is -2.07. The number of halogens is 1. The van der Waals surface area contributed by atoms with Crippen molar-refractivity contribution >= 4 is 23.2 Å². The molecule has 144 valence electrons. The molecule has 3 aromatic carbocycles. The number of carbonyl (C=O) groups is 1. The molecule has 0 saturated carbocycles. The third-order valence-corrected chi connectivity index (χ3v) is 4.51. The van der Waals surface area contributed by atoms with E-state index in [1.807, 2.05) is 54.6 Å². The molecule has 0 unspecified atom stereocenters. The number of rotatable bonds is 5. The monoisotopic (exact) mass is 404 g/mol. The summed E-state index contributed by atoms with van der Waals surface area (Å²) in [6.45, 7) is 0. The normalized spacial score (nSPS) is 10.6. The summed E-state index contributed by atoms with van der Waals surface area (Å²) in [7, 11) is 1.61. The minimum absolute atomic E-state index is 0.0645. The number of para-hydroxylation sites is 1. The first-order chi connectivity index (χ1) is 14.1. The third kappa shape index (κ3) is 4.12.